The number of nitrogens with zero attached hydrogens (tertiary/aromatic N) is 2. The van der Waals surface area contributed by atoms with Gasteiger partial charge in [0.05, 0.1) is 24.0 Å². The molecule has 1 rings (SSSR count). The molecule has 1 heterocycles. The van der Waals surface area contributed by atoms with Gasteiger partial charge in [0.15, 0.2) is 0 Å². The fourth-order valence-electron chi connectivity index (χ4n) is 0.507. The maximum absolute atomic E-state index is 5.55. The van der Waals surface area contributed by atoms with Gasteiger partial charge in [-0.2, -0.15) is 0 Å². The highest BCUT2D eigenvalue weighted by Crippen LogP contribution is 2.01. The van der Waals surface area contributed by atoms with E-state index < -0.39 is 0 Å². The van der Waals surface area contributed by atoms with E-state index in [0.717, 1.165) is 0 Å². The number of nitrogens with two attached hydrogens (primary N) is 1. The second-order valence-corrected chi connectivity index (χ2v) is 2.17. The Morgan fingerprint density at radius 3 is 2.64 bits per heavy atom. The second-order valence-electron chi connectivity index (χ2n) is 1.73. The van der Waals surface area contributed by atoms with Crippen molar-refractivity contribution < 1.29 is 0 Å². The lowest BCUT2D eigenvalue weighted by molar-refractivity contribution is 1.12. The normalized spacial score (nSPS) is 8.55. The Labute approximate surface area is 69.6 Å². The first-order valence-electron chi connectivity index (χ1n) is 2.99. The average Bonchev–Trinajstić information content (AvgIpc) is 2.04. The van der Waals surface area contributed by atoms with Crippen molar-refractivity contribution in [3.8, 4) is 11.8 Å². The van der Waals surface area contributed by atoms with Crippen LogP contribution in [0.15, 0.2) is 12.4 Å². The third-order valence-electron chi connectivity index (χ3n) is 0.923. The summed E-state index contributed by atoms with van der Waals surface area (Å²) in [4.78, 5) is 7.69. The quantitative estimate of drug-likeness (QED) is 0.571. The molecule has 0 radical (unpaired) electrons. The summed E-state index contributed by atoms with van der Waals surface area (Å²) in [6.07, 6.45) is 2.99. The lowest BCUT2D eigenvalue weighted by atomic mass is 10.5. The fourth-order valence-corrected chi connectivity index (χ4v) is 0.605. The van der Waals surface area contributed by atoms with Crippen LogP contribution in [0.4, 0.5) is 0 Å². The molecular weight excluding hydrogens is 162 g/mol. The van der Waals surface area contributed by atoms with Crippen molar-refractivity contribution in [3.05, 3.63) is 23.2 Å². The standard InChI is InChI=1S/C7H6ClN3/c8-6-4-10-7(11-5-6)2-1-3-9/h4-5H,3,9H2. The van der Waals surface area contributed by atoms with E-state index in [4.69, 9.17) is 17.3 Å². The predicted molar refractivity (Wildman–Crippen MR) is 43.0 cm³/mol. The molecule has 0 saturated carbocycles. The molecule has 0 spiro atoms. The zero-order chi connectivity index (χ0) is 8.10. The minimum Gasteiger partial charge on any atom is -0.320 e. The van der Waals surface area contributed by atoms with Gasteiger partial charge in [-0.3, -0.25) is 0 Å². The van der Waals surface area contributed by atoms with Gasteiger partial charge in [0, 0.05) is 0 Å². The molecule has 56 valence electrons. The van der Waals surface area contributed by atoms with Crippen LogP contribution in [-0.2, 0) is 0 Å². The Kier molecular flexibility index (Phi) is 2.84. The molecular formula is C7H6ClN3. The zero-order valence-corrected chi connectivity index (χ0v) is 6.47. The number of halogens is 1. The lowest BCUT2D eigenvalue weighted by Gasteiger charge is -1.87. The molecule has 11 heavy (non-hydrogen) atoms. The summed E-state index contributed by atoms with van der Waals surface area (Å²) < 4.78 is 0. The van der Waals surface area contributed by atoms with Gasteiger partial charge in [0.1, 0.15) is 0 Å². The van der Waals surface area contributed by atoms with Crippen LogP contribution in [0.25, 0.3) is 0 Å². The first-order valence-corrected chi connectivity index (χ1v) is 3.37. The van der Waals surface area contributed by atoms with Gasteiger partial charge in [-0.1, -0.05) is 17.5 Å². The number of hydrogen-bond acceptors (Lipinski definition) is 3. The van der Waals surface area contributed by atoms with Crippen molar-refractivity contribution in [2.45, 2.75) is 0 Å². The molecule has 0 unspecified atom stereocenters. The molecule has 0 aliphatic heterocycles. The monoisotopic (exact) mass is 167 g/mol. The van der Waals surface area contributed by atoms with Gasteiger partial charge in [-0.25, -0.2) is 9.97 Å². The highest BCUT2D eigenvalue weighted by atomic mass is 35.5. The van der Waals surface area contributed by atoms with Gasteiger partial charge in [0.25, 0.3) is 0 Å². The average molecular weight is 168 g/mol. The van der Waals surface area contributed by atoms with E-state index in [1.165, 1.54) is 12.4 Å². The van der Waals surface area contributed by atoms with Gasteiger partial charge in [-0.15, -0.1) is 0 Å². The van der Waals surface area contributed by atoms with Crippen molar-refractivity contribution in [1.82, 2.24) is 9.97 Å². The Morgan fingerprint density at radius 1 is 1.45 bits per heavy atom. The van der Waals surface area contributed by atoms with E-state index >= 15 is 0 Å². The van der Waals surface area contributed by atoms with Crippen molar-refractivity contribution in [3.63, 3.8) is 0 Å². The number of hydrogen-bond donors (Lipinski definition) is 1. The molecule has 3 nitrogen and oxygen atoms in total. The van der Waals surface area contributed by atoms with Crippen LogP contribution in [0.1, 0.15) is 5.82 Å². The first-order chi connectivity index (χ1) is 5.33. The Morgan fingerprint density at radius 2 is 2.09 bits per heavy atom. The molecule has 0 saturated heterocycles. The van der Waals surface area contributed by atoms with E-state index in [-0.39, 0.29) is 0 Å². The minimum absolute atomic E-state index is 0.311. The summed E-state index contributed by atoms with van der Waals surface area (Å²) in [5.41, 5.74) is 5.15. The lowest BCUT2D eigenvalue weighted by Crippen LogP contribution is -1.94. The maximum Gasteiger partial charge on any atom is 0.204 e. The fraction of sp³-hybridized carbons (Fsp3) is 0.143. The third-order valence-corrected chi connectivity index (χ3v) is 1.12. The minimum atomic E-state index is 0.311. The zero-order valence-electron chi connectivity index (χ0n) is 5.71. The van der Waals surface area contributed by atoms with E-state index in [1.807, 2.05) is 0 Å². The number of rotatable bonds is 0. The molecule has 1 aromatic rings. The highest BCUT2D eigenvalue weighted by molar-refractivity contribution is 6.30. The molecule has 0 aromatic carbocycles. The van der Waals surface area contributed by atoms with Gasteiger partial charge >= 0.3 is 0 Å². The van der Waals surface area contributed by atoms with Crippen LogP contribution in [0, 0.1) is 11.8 Å². The SMILES string of the molecule is NCC#Cc1ncc(Cl)cn1. The topological polar surface area (TPSA) is 51.8 Å². The molecule has 0 aliphatic rings. The molecule has 0 aliphatic carbocycles. The smallest absolute Gasteiger partial charge is 0.204 e. The summed E-state index contributed by atoms with van der Waals surface area (Å²) in [5.74, 6) is 5.75. The predicted octanol–water partition coefficient (Wildman–Crippen LogP) is 0.440. The molecule has 0 bridgehead atoms. The summed E-state index contributed by atoms with van der Waals surface area (Å²) in [5, 5.41) is 0.503. The van der Waals surface area contributed by atoms with Crippen molar-refractivity contribution in [1.29, 1.82) is 0 Å². The van der Waals surface area contributed by atoms with Gasteiger partial charge in [0.2, 0.25) is 5.82 Å². The molecule has 0 atom stereocenters. The summed E-state index contributed by atoms with van der Waals surface area (Å²) >= 11 is 5.55. The van der Waals surface area contributed by atoms with E-state index in [2.05, 4.69) is 21.8 Å². The van der Waals surface area contributed by atoms with Crippen LogP contribution in [-0.4, -0.2) is 16.5 Å². The van der Waals surface area contributed by atoms with E-state index in [9.17, 15) is 0 Å². The molecule has 1 aromatic heterocycles. The first kappa shape index (κ1) is 7.99. The molecule has 0 fully saturated rings. The largest absolute Gasteiger partial charge is 0.320 e. The number of aromatic nitrogens is 2. The third kappa shape index (κ3) is 2.54. The van der Waals surface area contributed by atoms with Crippen LogP contribution in [0.3, 0.4) is 0 Å². The van der Waals surface area contributed by atoms with Crippen molar-refractivity contribution in [2.75, 3.05) is 6.54 Å². The Hall–Kier alpha value is -1.11. The van der Waals surface area contributed by atoms with Crippen molar-refractivity contribution in [2.24, 2.45) is 5.73 Å². The summed E-state index contributed by atoms with van der Waals surface area (Å²) in [7, 11) is 0. The highest BCUT2D eigenvalue weighted by Gasteiger charge is 1.88. The van der Waals surface area contributed by atoms with Gasteiger partial charge in [-0.05, 0) is 5.92 Å². The van der Waals surface area contributed by atoms with Crippen molar-refractivity contribution >= 4 is 11.6 Å². The Balaban J connectivity index is 2.82. The second kappa shape index (κ2) is 3.91. The summed E-state index contributed by atoms with van der Waals surface area (Å²) in [6, 6.07) is 0. The molecule has 2 N–H and O–H groups in total. The van der Waals surface area contributed by atoms with Gasteiger partial charge < -0.3 is 5.73 Å². The summed E-state index contributed by atoms with van der Waals surface area (Å²) in [6.45, 7) is 0.311. The Bertz CT molecular complexity index is 283. The van der Waals surface area contributed by atoms with Crippen LogP contribution in [0.2, 0.25) is 5.02 Å². The van der Waals surface area contributed by atoms with Crippen LogP contribution >= 0.6 is 11.6 Å². The molecule has 0 amide bonds. The maximum atomic E-state index is 5.55. The van der Waals surface area contributed by atoms with E-state index in [0.29, 0.717) is 17.4 Å². The van der Waals surface area contributed by atoms with Crippen LogP contribution < -0.4 is 5.73 Å². The van der Waals surface area contributed by atoms with Crippen LogP contribution in [0.5, 0.6) is 0 Å². The molecule has 4 heteroatoms. The van der Waals surface area contributed by atoms with E-state index in [1.54, 1.807) is 0 Å².